The second-order valence-electron chi connectivity index (χ2n) is 6.02. The van der Waals surface area contributed by atoms with Crippen LogP contribution in [-0.2, 0) is 22.4 Å². The second-order valence-corrected chi connectivity index (χ2v) is 6.02. The number of carbonyl (C=O) groups is 1. The van der Waals surface area contributed by atoms with Crippen molar-refractivity contribution in [1.29, 1.82) is 0 Å². The van der Waals surface area contributed by atoms with Crippen molar-refractivity contribution in [1.82, 2.24) is 14.7 Å². The standard InChI is InChI=1S/C17H23N3O2/c1-12-4-7-16-19-14-6-5-13(10-15(14)20(16)11-12)17(21)18-8-3-9-22-2/h4,7,11,13H,3,5-6,8-10H2,1-2H3,(H,18,21). The maximum absolute atomic E-state index is 12.3. The molecule has 0 saturated heterocycles. The Labute approximate surface area is 130 Å². The first-order valence-electron chi connectivity index (χ1n) is 7.92. The summed E-state index contributed by atoms with van der Waals surface area (Å²) in [5.74, 6) is 0.208. The number of nitrogens with one attached hydrogen (secondary N) is 1. The van der Waals surface area contributed by atoms with Crippen LogP contribution in [0.5, 0.6) is 0 Å². The van der Waals surface area contributed by atoms with Crippen molar-refractivity contribution in [3.63, 3.8) is 0 Å². The number of amides is 1. The highest BCUT2D eigenvalue weighted by atomic mass is 16.5. The number of aryl methyl sites for hydroxylation is 2. The van der Waals surface area contributed by atoms with E-state index in [1.54, 1.807) is 7.11 Å². The molecule has 3 rings (SSSR count). The summed E-state index contributed by atoms with van der Waals surface area (Å²) in [6.07, 6.45) is 5.50. The molecule has 2 aromatic heterocycles. The number of aromatic nitrogens is 2. The Morgan fingerprint density at radius 3 is 3.18 bits per heavy atom. The van der Waals surface area contributed by atoms with E-state index < -0.39 is 0 Å². The minimum atomic E-state index is 0.0513. The van der Waals surface area contributed by atoms with Gasteiger partial charge in [0.25, 0.3) is 0 Å². The van der Waals surface area contributed by atoms with Gasteiger partial charge in [-0.3, -0.25) is 4.79 Å². The summed E-state index contributed by atoms with van der Waals surface area (Å²) in [6.45, 7) is 3.44. The average Bonchev–Trinajstić information content (AvgIpc) is 2.88. The van der Waals surface area contributed by atoms with Crippen LogP contribution in [0.15, 0.2) is 18.3 Å². The normalized spacial score (nSPS) is 17.5. The lowest BCUT2D eigenvalue weighted by Gasteiger charge is -2.21. The van der Waals surface area contributed by atoms with Crippen molar-refractivity contribution >= 4 is 11.6 Å². The molecule has 0 saturated carbocycles. The van der Waals surface area contributed by atoms with Crippen LogP contribution in [0.25, 0.3) is 5.65 Å². The van der Waals surface area contributed by atoms with Gasteiger partial charge in [0.1, 0.15) is 5.65 Å². The largest absolute Gasteiger partial charge is 0.385 e. The van der Waals surface area contributed by atoms with Crippen molar-refractivity contribution in [2.24, 2.45) is 5.92 Å². The van der Waals surface area contributed by atoms with Crippen LogP contribution in [0.4, 0.5) is 0 Å². The minimum Gasteiger partial charge on any atom is -0.385 e. The van der Waals surface area contributed by atoms with Gasteiger partial charge in [0.2, 0.25) is 5.91 Å². The van der Waals surface area contributed by atoms with Crippen molar-refractivity contribution in [2.75, 3.05) is 20.3 Å². The summed E-state index contributed by atoms with van der Waals surface area (Å²) in [6, 6.07) is 4.13. The fourth-order valence-electron chi connectivity index (χ4n) is 3.11. The molecule has 0 aliphatic heterocycles. The fourth-order valence-corrected chi connectivity index (χ4v) is 3.11. The third-order valence-corrected chi connectivity index (χ3v) is 4.31. The second kappa shape index (κ2) is 6.48. The highest BCUT2D eigenvalue weighted by Crippen LogP contribution is 2.26. The molecule has 2 heterocycles. The third kappa shape index (κ3) is 2.99. The summed E-state index contributed by atoms with van der Waals surface area (Å²) in [5, 5.41) is 3.02. The summed E-state index contributed by atoms with van der Waals surface area (Å²) in [4.78, 5) is 17.0. The minimum absolute atomic E-state index is 0.0513. The number of rotatable bonds is 5. The van der Waals surface area contributed by atoms with Crippen LogP contribution < -0.4 is 5.32 Å². The van der Waals surface area contributed by atoms with E-state index >= 15 is 0 Å². The van der Waals surface area contributed by atoms with E-state index in [9.17, 15) is 4.79 Å². The first kappa shape index (κ1) is 15.0. The fraction of sp³-hybridized carbons (Fsp3) is 0.529. The lowest BCUT2D eigenvalue weighted by atomic mass is 9.89. The summed E-state index contributed by atoms with van der Waals surface area (Å²) >= 11 is 0. The number of methoxy groups -OCH3 is 1. The van der Waals surface area contributed by atoms with Gasteiger partial charge in [0.05, 0.1) is 5.69 Å². The van der Waals surface area contributed by atoms with Gasteiger partial charge < -0.3 is 14.5 Å². The number of imidazole rings is 1. The van der Waals surface area contributed by atoms with Gasteiger partial charge in [-0.15, -0.1) is 0 Å². The molecule has 0 fully saturated rings. The predicted molar refractivity (Wildman–Crippen MR) is 84.9 cm³/mol. The SMILES string of the molecule is COCCCNC(=O)C1CCc2nc3ccc(C)cn3c2C1. The van der Waals surface area contributed by atoms with Crippen molar-refractivity contribution in [3.8, 4) is 0 Å². The molecule has 0 radical (unpaired) electrons. The molecule has 118 valence electrons. The van der Waals surface area contributed by atoms with E-state index in [1.807, 2.05) is 6.07 Å². The zero-order valence-corrected chi connectivity index (χ0v) is 13.3. The highest BCUT2D eigenvalue weighted by molar-refractivity contribution is 5.79. The predicted octanol–water partition coefficient (Wildman–Crippen LogP) is 1.90. The first-order valence-corrected chi connectivity index (χ1v) is 7.92. The Morgan fingerprint density at radius 2 is 2.36 bits per heavy atom. The zero-order chi connectivity index (χ0) is 15.5. The molecule has 5 heteroatoms. The number of nitrogens with zero attached hydrogens (tertiary/aromatic N) is 2. The number of hydrogen-bond acceptors (Lipinski definition) is 3. The van der Waals surface area contributed by atoms with E-state index in [-0.39, 0.29) is 11.8 Å². The molecule has 2 aromatic rings. The summed E-state index contributed by atoms with van der Waals surface area (Å²) in [5.41, 5.74) is 4.53. The molecule has 0 spiro atoms. The van der Waals surface area contributed by atoms with Crippen LogP contribution in [0.3, 0.4) is 0 Å². The average molecular weight is 301 g/mol. The lowest BCUT2D eigenvalue weighted by molar-refractivity contribution is -0.125. The van der Waals surface area contributed by atoms with Gasteiger partial charge in [-0.25, -0.2) is 4.98 Å². The monoisotopic (exact) mass is 301 g/mol. The van der Waals surface area contributed by atoms with Gasteiger partial charge in [-0.1, -0.05) is 6.07 Å². The van der Waals surface area contributed by atoms with E-state index in [4.69, 9.17) is 4.74 Å². The topological polar surface area (TPSA) is 55.6 Å². The van der Waals surface area contributed by atoms with Gasteiger partial charge in [-0.2, -0.15) is 0 Å². The lowest BCUT2D eigenvalue weighted by Crippen LogP contribution is -2.35. The molecule has 0 bridgehead atoms. The maximum Gasteiger partial charge on any atom is 0.223 e. The first-order chi connectivity index (χ1) is 10.7. The quantitative estimate of drug-likeness (QED) is 0.858. The van der Waals surface area contributed by atoms with Gasteiger partial charge in [0.15, 0.2) is 0 Å². The van der Waals surface area contributed by atoms with Crippen LogP contribution in [-0.4, -0.2) is 35.6 Å². The van der Waals surface area contributed by atoms with Crippen molar-refractivity contribution < 1.29 is 9.53 Å². The van der Waals surface area contributed by atoms with Gasteiger partial charge in [0, 0.05) is 44.5 Å². The number of carbonyl (C=O) groups excluding carboxylic acids is 1. The molecule has 1 amide bonds. The van der Waals surface area contributed by atoms with Crippen LogP contribution in [0, 0.1) is 12.8 Å². The summed E-state index contributed by atoms with van der Waals surface area (Å²) < 4.78 is 7.15. The molecule has 1 N–H and O–H groups in total. The Kier molecular flexibility index (Phi) is 4.43. The molecule has 1 aliphatic rings. The molecule has 5 nitrogen and oxygen atoms in total. The molecule has 1 aliphatic carbocycles. The third-order valence-electron chi connectivity index (χ3n) is 4.31. The van der Waals surface area contributed by atoms with Crippen LogP contribution in [0.1, 0.15) is 29.8 Å². The smallest absolute Gasteiger partial charge is 0.223 e. The van der Waals surface area contributed by atoms with Gasteiger partial charge in [-0.05, 0) is 37.8 Å². The molecule has 1 atom stereocenters. The Hall–Kier alpha value is -1.88. The molecule has 1 unspecified atom stereocenters. The maximum atomic E-state index is 12.3. The Bertz CT molecular complexity index is 678. The summed E-state index contributed by atoms with van der Waals surface area (Å²) in [7, 11) is 1.68. The van der Waals surface area contributed by atoms with E-state index in [1.165, 1.54) is 11.3 Å². The zero-order valence-electron chi connectivity index (χ0n) is 13.3. The number of pyridine rings is 1. The van der Waals surface area contributed by atoms with Crippen LogP contribution >= 0.6 is 0 Å². The van der Waals surface area contributed by atoms with Crippen molar-refractivity contribution in [2.45, 2.75) is 32.6 Å². The Morgan fingerprint density at radius 1 is 1.50 bits per heavy atom. The van der Waals surface area contributed by atoms with E-state index in [0.717, 1.165) is 37.0 Å². The van der Waals surface area contributed by atoms with Crippen LogP contribution in [0.2, 0.25) is 0 Å². The molecule has 0 aromatic carbocycles. The number of ether oxygens (including phenoxy) is 1. The number of fused-ring (bicyclic) bond motifs is 3. The molecule has 22 heavy (non-hydrogen) atoms. The van der Waals surface area contributed by atoms with Crippen molar-refractivity contribution in [3.05, 3.63) is 35.3 Å². The van der Waals surface area contributed by atoms with E-state index in [2.05, 4.69) is 33.9 Å². The molecular formula is C17H23N3O2. The molecular weight excluding hydrogens is 278 g/mol. The van der Waals surface area contributed by atoms with E-state index in [0.29, 0.717) is 13.2 Å². The Balaban J connectivity index is 1.71. The van der Waals surface area contributed by atoms with Gasteiger partial charge >= 0.3 is 0 Å². The highest BCUT2D eigenvalue weighted by Gasteiger charge is 2.27. The number of hydrogen-bond donors (Lipinski definition) is 1.